The number of nitrogens with one attached hydrogen (secondary N) is 1. The molecule has 0 bridgehead atoms. The lowest BCUT2D eigenvalue weighted by Gasteiger charge is -2.17. The molecular formula is C17H18FNS2. The number of hydrogen-bond acceptors (Lipinski definition) is 3. The van der Waals surface area contributed by atoms with Gasteiger partial charge in [0.15, 0.2) is 0 Å². The highest BCUT2D eigenvalue weighted by Crippen LogP contribution is 2.34. The van der Waals surface area contributed by atoms with Crippen LogP contribution in [-0.4, -0.2) is 6.54 Å². The highest BCUT2D eigenvalue weighted by Gasteiger charge is 2.16. The summed E-state index contributed by atoms with van der Waals surface area (Å²) in [5.41, 5.74) is 0.780. The molecule has 0 aliphatic carbocycles. The van der Waals surface area contributed by atoms with Crippen molar-refractivity contribution in [1.82, 2.24) is 5.32 Å². The van der Waals surface area contributed by atoms with E-state index in [1.54, 1.807) is 23.5 Å². The van der Waals surface area contributed by atoms with E-state index in [1.807, 2.05) is 23.5 Å². The van der Waals surface area contributed by atoms with Crippen molar-refractivity contribution in [2.45, 2.75) is 25.8 Å². The van der Waals surface area contributed by atoms with Crippen LogP contribution >= 0.6 is 22.7 Å². The van der Waals surface area contributed by atoms with E-state index in [0.717, 1.165) is 18.5 Å². The minimum atomic E-state index is -0.112. The van der Waals surface area contributed by atoms with E-state index >= 15 is 0 Å². The summed E-state index contributed by atoms with van der Waals surface area (Å²) in [6.07, 6.45) is 1.77. The highest BCUT2D eigenvalue weighted by molar-refractivity contribution is 7.26. The van der Waals surface area contributed by atoms with Gasteiger partial charge in [-0.2, -0.15) is 0 Å². The molecule has 0 saturated heterocycles. The van der Waals surface area contributed by atoms with Crippen LogP contribution in [0, 0.1) is 5.82 Å². The lowest BCUT2D eigenvalue weighted by atomic mass is 10.0. The van der Waals surface area contributed by atoms with Gasteiger partial charge in [0.25, 0.3) is 0 Å². The predicted molar refractivity (Wildman–Crippen MR) is 90.8 cm³/mol. The summed E-state index contributed by atoms with van der Waals surface area (Å²) < 4.78 is 16.6. The van der Waals surface area contributed by atoms with Gasteiger partial charge in [-0.05, 0) is 48.5 Å². The van der Waals surface area contributed by atoms with Crippen LogP contribution < -0.4 is 5.32 Å². The fraction of sp³-hybridized carbons (Fsp3) is 0.294. The van der Waals surface area contributed by atoms with Crippen LogP contribution in [0.15, 0.2) is 41.8 Å². The molecule has 0 aliphatic rings. The van der Waals surface area contributed by atoms with Gasteiger partial charge in [0.1, 0.15) is 5.82 Å². The molecule has 3 aromatic rings. The van der Waals surface area contributed by atoms with Crippen LogP contribution in [0.25, 0.3) is 9.40 Å². The molecule has 0 fully saturated rings. The molecule has 1 N–H and O–H groups in total. The first-order valence-electron chi connectivity index (χ1n) is 7.21. The maximum atomic E-state index is 13.9. The van der Waals surface area contributed by atoms with Gasteiger partial charge >= 0.3 is 0 Å². The zero-order valence-corrected chi connectivity index (χ0v) is 13.6. The van der Waals surface area contributed by atoms with Crippen LogP contribution in [0.4, 0.5) is 4.39 Å². The molecule has 2 heterocycles. The van der Waals surface area contributed by atoms with E-state index in [4.69, 9.17) is 0 Å². The van der Waals surface area contributed by atoms with Gasteiger partial charge in [-0.15, -0.1) is 22.7 Å². The Morgan fingerprint density at radius 2 is 2.05 bits per heavy atom. The van der Waals surface area contributed by atoms with Gasteiger partial charge in [-0.1, -0.05) is 25.1 Å². The Hall–Kier alpha value is -1.23. The molecule has 0 spiro atoms. The molecule has 3 rings (SSSR count). The largest absolute Gasteiger partial charge is 0.309 e. The smallest absolute Gasteiger partial charge is 0.126 e. The highest BCUT2D eigenvalue weighted by atomic mass is 32.1. The molecule has 1 nitrogen and oxygen atoms in total. The molecule has 0 amide bonds. The summed E-state index contributed by atoms with van der Waals surface area (Å²) in [4.78, 5) is 1.30. The van der Waals surface area contributed by atoms with Gasteiger partial charge in [-0.3, -0.25) is 0 Å². The average Bonchev–Trinajstić information content (AvgIpc) is 3.06. The number of rotatable bonds is 6. The SMILES string of the molecule is CCCNC(Cc1ccccc1F)c1cc2sccc2s1. The molecule has 0 saturated carbocycles. The van der Waals surface area contributed by atoms with Gasteiger partial charge in [0.05, 0.1) is 0 Å². The minimum absolute atomic E-state index is 0.112. The molecule has 1 unspecified atom stereocenters. The molecule has 0 aliphatic heterocycles. The van der Waals surface area contributed by atoms with E-state index in [1.165, 1.54) is 14.3 Å². The number of hydrogen-bond donors (Lipinski definition) is 1. The maximum absolute atomic E-state index is 13.9. The van der Waals surface area contributed by atoms with E-state index in [9.17, 15) is 4.39 Å². The Kier molecular flexibility index (Phi) is 4.68. The summed E-state index contributed by atoms with van der Waals surface area (Å²) in [5, 5.41) is 5.68. The second-order valence-corrected chi connectivity index (χ2v) is 7.16. The van der Waals surface area contributed by atoms with Crippen molar-refractivity contribution >= 4 is 32.1 Å². The van der Waals surface area contributed by atoms with Gasteiger partial charge < -0.3 is 5.32 Å². The Labute approximate surface area is 132 Å². The summed E-state index contributed by atoms with van der Waals surface area (Å²) in [6.45, 7) is 3.10. The zero-order chi connectivity index (χ0) is 14.7. The lowest BCUT2D eigenvalue weighted by molar-refractivity contribution is 0.519. The molecule has 21 heavy (non-hydrogen) atoms. The molecule has 0 radical (unpaired) electrons. The number of thiophene rings is 2. The van der Waals surface area contributed by atoms with Crippen molar-refractivity contribution in [2.75, 3.05) is 6.54 Å². The quantitative estimate of drug-likeness (QED) is 0.642. The van der Waals surface area contributed by atoms with Crippen molar-refractivity contribution in [3.63, 3.8) is 0 Å². The molecule has 4 heteroatoms. The summed E-state index contributed by atoms with van der Waals surface area (Å²) in [5.74, 6) is -0.112. The third-order valence-corrected chi connectivity index (χ3v) is 5.73. The van der Waals surface area contributed by atoms with Crippen LogP contribution in [0.5, 0.6) is 0 Å². The van der Waals surface area contributed by atoms with Crippen LogP contribution in [0.1, 0.15) is 29.8 Å². The Morgan fingerprint density at radius 1 is 1.19 bits per heavy atom. The molecule has 1 atom stereocenters. The normalized spacial score (nSPS) is 12.9. The van der Waals surface area contributed by atoms with Crippen LogP contribution in [0.2, 0.25) is 0 Å². The summed E-state index contributed by atoms with van der Waals surface area (Å²) >= 11 is 3.58. The monoisotopic (exact) mass is 319 g/mol. The van der Waals surface area contributed by atoms with Crippen molar-refractivity contribution in [1.29, 1.82) is 0 Å². The molecule has 110 valence electrons. The Bertz CT molecular complexity index is 688. The number of benzene rings is 1. The van der Waals surface area contributed by atoms with Crippen LogP contribution in [0.3, 0.4) is 0 Å². The Balaban J connectivity index is 1.86. The molecule has 1 aromatic carbocycles. The third-order valence-electron chi connectivity index (χ3n) is 3.52. The maximum Gasteiger partial charge on any atom is 0.126 e. The topological polar surface area (TPSA) is 12.0 Å². The fourth-order valence-corrected chi connectivity index (χ4v) is 4.63. The fourth-order valence-electron chi connectivity index (χ4n) is 2.43. The second-order valence-electron chi connectivity index (χ2n) is 5.10. The summed E-state index contributed by atoms with van der Waals surface area (Å²) in [6, 6.07) is 11.7. The lowest BCUT2D eigenvalue weighted by Crippen LogP contribution is -2.23. The molecule has 2 aromatic heterocycles. The van der Waals surface area contributed by atoms with Crippen LogP contribution in [-0.2, 0) is 6.42 Å². The first-order chi connectivity index (χ1) is 10.3. The minimum Gasteiger partial charge on any atom is -0.309 e. The van der Waals surface area contributed by atoms with Crippen molar-refractivity contribution in [3.05, 3.63) is 58.0 Å². The first-order valence-corrected chi connectivity index (χ1v) is 8.91. The summed E-state index contributed by atoms with van der Waals surface area (Å²) in [7, 11) is 0. The average molecular weight is 319 g/mol. The van der Waals surface area contributed by atoms with E-state index in [-0.39, 0.29) is 11.9 Å². The van der Waals surface area contributed by atoms with E-state index in [0.29, 0.717) is 6.42 Å². The Morgan fingerprint density at radius 3 is 2.81 bits per heavy atom. The number of fused-ring (bicyclic) bond motifs is 1. The molecular weight excluding hydrogens is 301 g/mol. The van der Waals surface area contributed by atoms with E-state index < -0.39 is 0 Å². The van der Waals surface area contributed by atoms with Gasteiger partial charge in [-0.25, -0.2) is 4.39 Å². The number of halogens is 1. The zero-order valence-electron chi connectivity index (χ0n) is 11.9. The van der Waals surface area contributed by atoms with Crippen molar-refractivity contribution in [2.24, 2.45) is 0 Å². The van der Waals surface area contributed by atoms with Crippen molar-refractivity contribution in [3.8, 4) is 0 Å². The van der Waals surface area contributed by atoms with Gasteiger partial charge in [0.2, 0.25) is 0 Å². The predicted octanol–water partition coefficient (Wildman–Crippen LogP) is 5.39. The van der Waals surface area contributed by atoms with Crippen molar-refractivity contribution < 1.29 is 4.39 Å². The van der Waals surface area contributed by atoms with Gasteiger partial charge in [0, 0.05) is 20.3 Å². The van der Waals surface area contributed by atoms with E-state index in [2.05, 4.69) is 29.8 Å². The first kappa shape index (κ1) is 14.7. The third kappa shape index (κ3) is 3.34. The second kappa shape index (κ2) is 6.69. The standard InChI is InChI=1S/C17H18FNS2/c1-2-8-19-14(10-12-5-3-4-6-13(12)18)16-11-17-15(21-16)7-9-20-17/h3-7,9,11,14,19H,2,8,10H2,1H3.